The molecular formula is C19H33N3O8S. The predicted octanol–water partition coefficient (Wildman–Crippen LogP) is -0.502. The van der Waals surface area contributed by atoms with E-state index in [0.29, 0.717) is 6.42 Å². The number of aliphatic carboxylic acids is 2. The minimum atomic E-state index is -1.26. The number of thioether (sulfide) groups is 1. The summed E-state index contributed by atoms with van der Waals surface area (Å²) < 4.78 is 0. The van der Waals surface area contributed by atoms with Crippen LogP contribution < -0.4 is 16.4 Å². The van der Waals surface area contributed by atoms with E-state index in [1.807, 2.05) is 6.92 Å². The van der Waals surface area contributed by atoms with E-state index in [1.165, 1.54) is 0 Å². The zero-order valence-electron chi connectivity index (χ0n) is 17.7. The second-order valence-corrected chi connectivity index (χ2v) is 8.21. The fourth-order valence-electron chi connectivity index (χ4n) is 2.52. The number of aliphatic hydroxyl groups is 1. The van der Waals surface area contributed by atoms with Crippen LogP contribution >= 0.6 is 11.8 Å². The van der Waals surface area contributed by atoms with E-state index in [0.717, 1.165) is 31.0 Å². The number of carbonyl (C=O) groups is 5. The Kier molecular flexibility index (Phi) is 15.3. The first-order chi connectivity index (χ1) is 14.6. The Balaban J connectivity index is 5.02. The van der Waals surface area contributed by atoms with E-state index < -0.39 is 47.6 Å². The SMILES string of the molecule is CCCCCC(=O)C(CCO)SCC(NC(=O)CCC(N)C(=O)O)C(=O)NCC(=O)O. The van der Waals surface area contributed by atoms with Gasteiger partial charge in [-0.3, -0.25) is 24.0 Å². The van der Waals surface area contributed by atoms with Crippen LogP contribution in [-0.2, 0) is 24.0 Å². The minimum absolute atomic E-state index is 0.0215. The number of Topliss-reactive ketones (excluding diaryl/α,β-unsaturated/α-hetero) is 1. The van der Waals surface area contributed by atoms with Crippen LogP contribution in [0, 0.1) is 0 Å². The van der Waals surface area contributed by atoms with Crippen molar-refractivity contribution < 1.29 is 39.3 Å². The van der Waals surface area contributed by atoms with Gasteiger partial charge in [0.15, 0.2) is 0 Å². The van der Waals surface area contributed by atoms with Gasteiger partial charge in [-0.05, 0) is 19.3 Å². The lowest BCUT2D eigenvalue weighted by Crippen LogP contribution is -2.50. The summed E-state index contributed by atoms with van der Waals surface area (Å²) in [6.07, 6.45) is 2.74. The molecule has 3 atom stereocenters. The number of nitrogens with one attached hydrogen (secondary N) is 2. The quantitative estimate of drug-likeness (QED) is 0.144. The van der Waals surface area contributed by atoms with E-state index in [9.17, 15) is 29.1 Å². The third-order valence-electron chi connectivity index (χ3n) is 4.31. The summed E-state index contributed by atoms with van der Waals surface area (Å²) in [5.41, 5.74) is 5.36. The van der Waals surface area contributed by atoms with Crippen molar-refractivity contribution in [3.63, 3.8) is 0 Å². The van der Waals surface area contributed by atoms with Crippen LogP contribution in [0.2, 0.25) is 0 Å². The van der Waals surface area contributed by atoms with Crippen LogP contribution in [0.1, 0.15) is 51.9 Å². The molecule has 7 N–H and O–H groups in total. The zero-order valence-corrected chi connectivity index (χ0v) is 18.5. The lowest BCUT2D eigenvalue weighted by Gasteiger charge is -2.21. The van der Waals surface area contributed by atoms with Gasteiger partial charge in [-0.15, -0.1) is 11.8 Å². The molecule has 0 heterocycles. The highest BCUT2D eigenvalue weighted by Crippen LogP contribution is 2.20. The average molecular weight is 464 g/mol. The molecule has 0 aromatic carbocycles. The van der Waals surface area contributed by atoms with Gasteiger partial charge in [0.25, 0.3) is 0 Å². The van der Waals surface area contributed by atoms with Crippen molar-refractivity contribution >= 4 is 41.3 Å². The highest BCUT2D eigenvalue weighted by atomic mass is 32.2. The molecule has 0 spiro atoms. The van der Waals surface area contributed by atoms with Crippen molar-refractivity contribution in [3.05, 3.63) is 0 Å². The van der Waals surface area contributed by atoms with Crippen molar-refractivity contribution in [1.29, 1.82) is 0 Å². The molecule has 31 heavy (non-hydrogen) atoms. The normalized spacial score (nSPS) is 13.6. The van der Waals surface area contributed by atoms with Gasteiger partial charge in [-0.25, -0.2) is 0 Å². The number of rotatable bonds is 18. The average Bonchev–Trinajstić information content (AvgIpc) is 2.71. The molecule has 2 amide bonds. The number of ketones is 1. The van der Waals surface area contributed by atoms with Gasteiger partial charge in [0.05, 0.1) is 5.25 Å². The summed E-state index contributed by atoms with van der Waals surface area (Å²) in [5, 5.41) is 30.8. The number of amides is 2. The largest absolute Gasteiger partial charge is 0.480 e. The van der Waals surface area contributed by atoms with Crippen molar-refractivity contribution in [2.75, 3.05) is 18.9 Å². The monoisotopic (exact) mass is 463 g/mol. The molecule has 0 saturated heterocycles. The van der Waals surface area contributed by atoms with Crippen LogP contribution in [0.5, 0.6) is 0 Å². The predicted molar refractivity (Wildman–Crippen MR) is 115 cm³/mol. The van der Waals surface area contributed by atoms with Crippen LogP contribution in [0.3, 0.4) is 0 Å². The Morgan fingerprint density at radius 2 is 1.71 bits per heavy atom. The Labute approximate surface area is 185 Å². The van der Waals surface area contributed by atoms with Crippen molar-refractivity contribution in [3.8, 4) is 0 Å². The molecule has 0 aliphatic carbocycles. The summed E-state index contributed by atoms with van der Waals surface area (Å²) in [7, 11) is 0. The Morgan fingerprint density at radius 3 is 2.26 bits per heavy atom. The summed E-state index contributed by atoms with van der Waals surface area (Å²) in [6, 6.07) is -2.36. The minimum Gasteiger partial charge on any atom is -0.480 e. The van der Waals surface area contributed by atoms with Gasteiger partial charge in [0.2, 0.25) is 11.8 Å². The standard InChI is InChI=1S/C19H33N3O8S/c1-2-3-4-5-14(24)15(8-9-23)31-11-13(18(28)21-10-17(26)27)22-16(25)7-6-12(20)19(29)30/h12-13,15,23H,2-11,20H2,1H3,(H,21,28)(H,22,25)(H,26,27)(H,29,30). The number of unbranched alkanes of at least 4 members (excludes halogenated alkanes) is 2. The maximum atomic E-state index is 12.4. The number of carbonyl (C=O) groups excluding carboxylic acids is 3. The molecule has 0 aromatic rings. The first-order valence-electron chi connectivity index (χ1n) is 10.1. The fourth-order valence-corrected chi connectivity index (χ4v) is 3.76. The Bertz CT molecular complexity index is 617. The van der Waals surface area contributed by atoms with Gasteiger partial charge in [-0.2, -0.15) is 0 Å². The van der Waals surface area contributed by atoms with Gasteiger partial charge >= 0.3 is 11.9 Å². The van der Waals surface area contributed by atoms with Crippen LogP contribution in [0.25, 0.3) is 0 Å². The molecule has 12 heteroatoms. The highest BCUT2D eigenvalue weighted by Gasteiger charge is 2.26. The number of hydrogen-bond donors (Lipinski definition) is 6. The van der Waals surface area contributed by atoms with E-state index >= 15 is 0 Å². The molecule has 0 aliphatic heterocycles. The first kappa shape index (κ1) is 28.8. The molecule has 0 radical (unpaired) electrons. The molecule has 0 aromatic heterocycles. The molecule has 0 bridgehead atoms. The lowest BCUT2D eigenvalue weighted by molar-refractivity contribution is -0.139. The number of aliphatic hydroxyl groups excluding tert-OH is 1. The zero-order chi connectivity index (χ0) is 23.8. The summed E-state index contributed by atoms with van der Waals surface area (Å²) in [4.78, 5) is 58.3. The van der Waals surface area contributed by atoms with E-state index in [1.54, 1.807) is 0 Å². The van der Waals surface area contributed by atoms with Gasteiger partial charge in [0.1, 0.15) is 24.4 Å². The number of hydrogen-bond acceptors (Lipinski definition) is 8. The number of nitrogens with two attached hydrogens (primary N) is 1. The fraction of sp³-hybridized carbons (Fsp3) is 0.737. The van der Waals surface area contributed by atoms with Crippen molar-refractivity contribution in [2.24, 2.45) is 5.73 Å². The Hall–Kier alpha value is -2.18. The van der Waals surface area contributed by atoms with Gasteiger partial charge in [0, 0.05) is 25.2 Å². The summed E-state index contributed by atoms with van der Waals surface area (Å²) in [6.45, 7) is 1.15. The number of carboxylic acid groups (broad SMARTS) is 2. The third-order valence-corrected chi connectivity index (χ3v) is 5.73. The van der Waals surface area contributed by atoms with Crippen molar-refractivity contribution in [1.82, 2.24) is 10.6 Å². The highest BCUT2D eigenvalue weighted by molar-refractivity contribution is 8.00. The number of carboxylic acids is 2. The Morgan fingerprint density at radius 1 is 1.03 bits per heavy atom. The topological polar surface area (TPSA) is 196 Å². The van der Waals surface area contributed by atoms with Crippen molar-refractivity contribution in [2.45, 2.75) is 69.2 Å². The first-order valence-corrected chi connectivity index (χ1v) is 11.2. The second kappa shape index (κ2) is 16.5. The van der Waals surface area contributed by atoms with Crippen LogP contribution in [0.4, 0.5) is 0 Å². The second-order valence-electron chi connectivity index (χ2n) is 6.97. The molecular weight excluding hydrogens is 430 g/mol. The van der Waals surface area contributed by atoms with E-state index in [4.69, 9.17) is 15.9 Å². The molecule has 11 nitrogen and oxygen atoms in total. The van der Waals surface area contributed by atoms with Gasteiger partial charge in [-0.1, -0.05) is 19.8 Å². The molecule has 0 rings (SSSR count). The molecule has 0 fully saturated rings. The summed E-state index contributed by atoms with van der Waals surface area (Å²) in [5.74, 6) is -3.97. The summed E-state index contributed by atoms with van der Waals surface area (Å²) >= 11 is 1.10. The smallest absolute Gasteiger partial charge is 0.322 e. The van der Waals surface area contributed by atoms with Gasteiger partial charge < -0.3 is 31.7 Å². The third kappa shape index (κ3) is 13.7. The van der Waals surface area contributed by atoms with E-state index in [-0.39, 0.29) is 37.4 Å². The van der Waals surface area contributed by atoms with E-state index in [2.05, 4.69) is 10.6 Å². The molecule has 0 saturated carbocycles. The molecule has 178 valence electrons. The lowest BCUT2D eigenvalue weighted by atomic mass is 10.1. The molecule has 0 aliphatic rings. The maximum absolute atomic E-state index is 12.4. The maximum Gasteiger partial charge on any atom is 0.322 e. The van der Waals surface area contributed by atoms with Crippen LogP contribution in [-0.4, -0.2) is 81.1 Å². The van der Waals surface area contributed by atoms with Crippen LogP contribution in [0.15, 0.2) is 0 Å². The molecule has 3 unspecified atom stereocenters.